The predicted molar refractivity (Wildman–Crippen MR) is 154 cm³/mol. The maximum Gasteiger partial charge on any atom is 0.335 e. The fraction of sp³-hybridized carbons (Fsp3) is 0.172. The van der Waals surface area contributed by atoms with Gasteiger partial charge in [0, 0.05) is 12.1 Å². The number of benzene rings is 3. The minimum atomic E-state index is -1.04. The summed E-state index contributed by atoms with van der Waals surface area (Å²) in [5.41, 5.74) is 2.59. The molecule has 1 saturated heterocycles. The predicted octanol–water partition coefficient (Wildman–Crippen LogP) is 6.62. The number of likely N-dealkylation sites (N-methyl/N-ethyl adjacent to an activating group) is 1. The van der Waals surface area contributed by atoms with Gasteiger partial charge in [-0.2, -0.15) is 5.26 Å². The summed E-state index contributed by atoms with van der Waals surface area (Å²) >= 11 is 4.79. The number of carboxylic acids is 1. The van der Waals surface area contributed by atoms with Gasteiger partial charge >= 0.3 is 5.97 Å². The second kappa shape index (κ2) is 12.7. The number of carboxylic acid groups (broad SMARTS) is 1. The monoisotopic (exact) mass is 605 g/mol. The van der Waals surface area contributed by atoms with E-state index in [9.17, 15) is 20.0 Å². The molecule has 4 rings (SSSR count). The largest absolute Gasteiger partial charge is 0.490 e. The van der Waals surface area contributed by atoms with Gasteiger partial charge in [0.2, 0.25) is 0 Å². The van der Waals surface area contributed by atoms with Crippen LogP contribution in [-0.4, -0.2) is 40.2 Å². The highest BCUT2D eigenvalue weighted by Gasteiger charge is 2.32. The van der Waals surface area contributed by atoms with Crippen molar-refractivity contribution in [1.82, 2.24) is 4.90 Å². The Kier molecular flexibility index (Phi) is 9.07. The standard InChI is InChI=1S/C29H24BrN3O5S/c1-3-33-27(34)25(39-29(33)32-22-11-7-10-19(15-22)28(35)36)14-18-12-23(30)26(24(13-18)37-4-2)38-17-21-9-6-5-8-20(21)16-31/h5-15H,3-4,17H2,1-2H3,(H,35,36)/b25-14+,32-29?. The number of hydrogen-bond donors (Lipinski definition) is 1. The first-order valence-electron chi connectivity index (χ1n) is 12.0. The molecular formula is C29H24BrN3O5S. The molecule has 0 aliphatic carbocycles. The summed E-state index contributed by atoms with van der Waals surface area (Å²) in [5.74, 6) is -0.251. The first kappa shape index (κ1) is 28.0. The van der Waals surface area contributed by atoms with E-state index in [-0.39, 0.29) is 18.1 Å². The number of halogens is 1. The second-order valence-electron chi connectivity index (χ2n) is 8.23. The third-order valence-electron chi connectivity index (χ3n) is 5.66. The fourth-order valence-corrected chi connectivity index (χ4v) is 5.46. The Morgan fingerprint density at radius 2 is 1.95 bits per heavy atom. The van der Waals surface area contributed by atoms with Crippen LogP contribution in [0.4, 0.5) is 5.69 Å². The molecule has 8 nitrogen and oxygen atoms in total. The molecule has 3 aromatic rings. The van der Waals surface area contributed by atoms with E-state index in [0.29, 0.717) is 50.4 Å². The van der Waals surface area contributed by atoms with Crippen LogP contribution in [0.15, 0.2) is 75.0 Å². The van der Waals surface area contributed by atoms with Crippen LogP contribution in [0, 0.1) is 11.3 Å². The highest BCUT2D eigenvalue weighted by molar-refractivity contribution is 9.10. The van der Waals surface area contributed by atoms with Crippen LogP contribution in [0.25, 0.3) is 6.08 Å². The molecule has 1 fully saturated rings. The highest BCUT2D eigenvalue weighted by atomic mass is 79.9. The highest BCUT2D eigenvalue weighted by Crippen LogP contribution is 2.40. The summed E-state index contributed by atoms with van der Waals surface area (Å²) in [6, 6.07) is 19.3. The minimum Gasteiger partial charge on any atom is -0.490 e. The zero-order valence-electron chi connectivity index (χ0n) is 21.2. The van der Waals surface area contributed by atoms with Crippen molar-refractivity contribution in [3.8, 4) is 17.6 Å². The van der Waals surface area contributed by atoms with Gasteiger partial charge < -0.3 is 14.6 Å². The molecule has 198 valence electrons. The maximum atomic E-state index is 13.2. The number of thioether (sulfide) groups is 1. The molecule has 1 heterocycles. The number of carbonyl (C=O) groups is 2. The normalized spacial score (nSPS) is 15.0. The number of nitrogens with zero attached hydrogens (tertiary/aromatic N) is 3. The molecule has 10 heteroatoms. The van der Waals surface area contributed by atoms with E-state index in [1.807, 2.05) is 32.0 Å². The molecule has 1 aliphatic rings. The van der Waals surface area contributed by atoms with Gasteiger partial charge in [-0.15, -0.1) is 0 Å². The Morgan fingerprint density at radius 1 is 1.15 bits per heavy atom. The molecule has 0 atom stereocenters. The van der Waals surface area contributed by atoms with Gasteiger partial charge in [-0.05, 0) is 89.6 Å². The Balaban J connectivity index is 1.63. The number of amides is 1. The Bertz CT molecular complexity index is 1530. The number of carbonyl (C=O) groups excluding carboxylic acids is 1. The van der Waals surface area contributed by atoms with Crippen molar-refractivity contribution >= 4 is 56.5 Å². The van der Waals surface area contributed by atoms with Gasteiger partial charge in [0.15, 0.2) is 16.7 Å². The number of rotatable bonds is 9. The molecule has 1 N–H and O–H groups in total. The lowest BCUT2D eigenvalue weighted by molar-refractivity contribution is -0.122. The van der Waals surface area contributed by atoms with Crippen molar-refractivity contribution < 1.29 is 24.2 Å². The topological polar surface area (TPSA) is 112 Å². The van der Waals surface area contributed by atoms with Crippen molar-refractivity contribution in [2.45, 2.75) is 20.5 Å². The van der Waals surface area contributed by atoms with Crippen molar-refractivity contribution in [1.29, 1.82) is 5.26 Å². The van der Waals surface area contributed by atoms with Crippen molar-refractivity contribution in [3.05, 3.63) is 92.3 Å². The van der Waals surface area contributed by atoms with Crippen molar-refractivity contribution in [2.24, 2.45) is 4.99 Å². The first-order valence-corrected chi connectivity index (χ1v) is 13.7. The van der Waals surface area contributed by atoms with Gasteiger partial charge in [0.05, 0.1) is 38.9 Å². The van der Waals surface area contributed by atoms with E-state index in [1.165, 1.54) is 23.9 Å². The average molecular weight is 606 g/mol. The zero-order chi connectivity index (χ0) is 27.9. The van der Waals surface area contributed by atoms with Gasteiger partial charge in [0.25, 0.3) is 5.91 Å². The van der Waals surface area contributed by atoms with Crippen molar-refractivity contribution in [3.63, 3.8) is 0 Å². The molecule has 0 saturated carbocycles. The van der Waals surface area contributed by atoms with Crippen LogP contribution in [0.2, 0.25) is 0 Å². The smallest absolute Gasteiger partial charge is 0.335 e. The second-order valence-corrected chi connectivity index (χ2v) is 10.1. The molecule has 3 aromatic carbocycles. The summed E-state index contributed by atoms with van der Waals surface area (Å²) < 4.78 is 12.5. The lowest BCUT2D eigenvalue weighted by atomic mass is 10.1. The molecule has 1 aliphatic heterocycles. The third-order valence-corrected chi connectivity index (χ3v) is 7.26. The third kappa shape index (κ3) is 6.50. The summed E-state index contributed by atoms with van der Waals surface area (Å²) in [6.07, 6.45) is 1.76. The quantitative estimate of drug-likeness (QED) is 0.273. The van der Waals surface area contributed by atoms with Crippen LogP contribution < -0.4 is 9.47 Å². The molecule has 0 unspecified atom stereocenters. The molecule has 0 spiro atoms. The molecule has 1 amide bonds. The first-order chi connectivity index (χ1) is 18.8. The number of aromatic carboxylic acids is 1. The number of nitriles is 1. The number of hydrogen-bond acceptors (Lipinski definition) is 7. The van der Waals surface area contributed by atoms with Gasteiger partial charge in [0.1, 0.15) is 6.61 Å². The number of amidine groups is 1. The van der Waals surface area contributed by atoms with Gasteiger partial charge in [-0.3, -0.25) is 9.69 Å². The van der Waals surface area contributed by atoms with Gasteiger partial charge in [-0.25, -0.2) is 9.79 Å². The van der Waals surface area contributed by atoms with E-state index in [4.69, 9.17) is 9.47 Å². The maximum absolute atomic E-state index is 13.2. The Hall–Kier alpha value is -4.07. The molecule has 0 bridgehead atoms. The van der Waals surface area contributed by atoms with Crippen LogP contribution in [-0.2, 0) is 11.4 Å². The Labute approximate surface area is 238 Å². The van der Waals surface area contributed by atoms with Gasteiger partial charge in [-0.1, -0.05) is 24.3 Å². The van der Waals surface area contributed by atoms with E-state index in [1.54, 1.807) is 41.3 Å². The summed E-state index contributed by atoms with van der Waals surface area (Å²) in [5, 5.41) is 19.1. The van der Waals surface area contributed by atoms with Crippen LogP contribution in [0.5, 0.6) is 11.5 Å². The van der Waals surface area contributed by atoms with Crippen LogP contribution in [0.3, 0.4) is 0 Å². The fourth-order valence-electron chi connectivity index (χ4n) is 3.82. The Morgan fingerprint density at radius 3 is 2.67 bits per heavy atom. The molecule has 39 heavy (non-hydrogen) atoms. The molecule has 0 aromatic heterocycles. The van der Waals surface area contributed by atoms with E-state index in [0.717, 1.165) is 11.1 Å². The minimum absolute atomic E-state index is 0.122. The van der Waals surface area contributed by atoms with E-state index in [2.05, 4.69) is 27.0 Å². The SMILES string of the molecule is CCOc1cc(/C=C2/SC(=Nc3cccc(C(=O)O)c3)N(CC)C2=O)cc(Br)c1OCc1ccccc1C#N. The zero-order valence-corrected chi connectivity index (χ0v) is 23.6. The molecular weight excluding hydrogens is 582 g/mol. The van der Waals surface area contributed by atoms with E-state index >= 15 is 0 Å². The van der Waals surface area contributed by atoms with Crippen LogP contribution in [0.1, 0.15) is 40.9 Å². The number of aliphatic imine (C=N–C) groups is 1. The molecule has 0 radical (unpaired) electrons. The number of ether oxygens (including phenoxy) is 2. The van der Waals surface area contributed by atoms with Crippen LogP contribution >= 0.6 is 27.7 Å². The summed E-state index contributed by atoms with van der Waals surface area (Å²) in [7, 11) is 0. The summed E-state index contributed by atoms with van der Waals surface area (Å²) in [4.78, 5) is 31.1. The van der Waals surface area contributed by atoms with Crippen molar-refractivity contribution in [2.75, 3.05) is 13.2 Å². The lowest BCUT2D eigenvalue weighted by Gasteiger charge is -2.15. The average Bonchev–Trinajstić information content (AvgIpc) is 3.21. The lowest BCUT2D eigenvalue weighted by Crippen LogP contribution is -2.28. The summed E-state index contributed by atoms with van der Waals surface area (Å²) in [6.45, 7) is 4.72. The van der Waals surface area contributed by atoms with E-state index < -0.39 is 5.97 Å².